The Hall–Kier alpha value is -4.16. The van der Waals surface area contributed by atoms with Gasteiger partial charge in [0, 0.05) is 44.4 Å². The predicted molar refractivity (Wildman–Crippen MR) is 130 cm³/mol. The number of hydrogen-bond donors (Lipinski definition) is 1. The summed E-state index contributed by atoms with van der Waals surface area (Å²) in [6.45, 7) is 7.29. The van der Waals surface area contributed by atoms with Crippen LogP contribution >= 0.6 is 0 Å². The Morgan fingerprint density at radius 3 is 2.50 bits per heavy atom. The standard InChI is InChI=1S/C23H30N6O7/c1-7-35-22(32)28-17-10-11-27(21(31)36-23(2,3)4)13-16(17)19(25-28)24-20(30)15-9-8-14(26(5)6)12-18(15)29(33)34/h8-9,12H,7,10-11,13H2,1-6H3,(H,24,25,30). The minimum Gasteiger partial charge on any atom is -0.448 e. The second-order valence-corrected chi connectivity index (χ2v) is 9.34. The van der Waals surface area contributed by atoms with Gasteiger partial charge < -0.3 is 24.6 Å². The molecule has 0 saturated heterocycles. The van der Waals surface area contributed by atoms with Crippen LogP contribution in [0.4, 0.5) is 26.8 Å². The van der Waals surface area contributed by atoms with E-state index in [2.05, 4.69) is 10.4 Å². The first-order valence-corrected chi connectivity index (χ1v) is 11.3. The lowest BCUT2D eigenvalue weighted by Crippen LogP contribution is -2.40. The molecule has 0 aliphatic carbocycles. The van der Waals surface area contributed by atoms with Crippen LogP contribution in [0.2, 0.25) is 0 Å². The van der Waals surface area contributed by atoms with E-state index in [9.17, 15) is 24.5 Å². The highest BCUT2D eigenvalue weighted by atomic mass is 16.6. The highest BCUT2D eigenvalue weighted by molar-refractivity contribution is 6.07. The molecule has 1 aromatic heterocycles. The Kier molecular flexibility index (Phi) is 7.51. The molecule has 0 spiro atoms. The number of aromatic nitrogens is 2. The van der Waals surface area contributed by atoms with Gasteiger partial charge in [-0.25, -0.2) is 9.59 Å². The van der Waals surface area contributed by atoms with E-state index >= 15 is 0 Å². The van der Waals surface area contributed by atoms with Crippen molar-refractivity contribution in [3.8, 4) is 0 Å². The number of anilines is 2. The number of carbonyl (C=O) groups is 3. The Morgan fingerprint density at radius 1 is 1.22 bits per heavy atom. The minimum absolute atomic E-state index is 0.00213. The van der Waals surface area contributed by atoms with Crippen LogP contribution in [0.25, 0.3) is 0 Å². The number of rotatable bonds is 5. The Balaban J connectivity index is 1.98. The average Bonchev–Trinajstić information content (AvgIpc) is 3.15. The zero-order valence-corrected chi connectivity index (χ0v) is 21.2. The third-order valence-electron chi connectivity index (χ3n) is 5.32. The summed E-state index contributed by atoms with van der Waals surface area (Å²) in [7, 11) is 3.45. The van der Waals surface area contributed by atoms with E-state index in [1.807, 2.05) is 0 Å². The van der Waals surface area contributed by atoms with Crippen molar-refractivity contribution in [2.24, 2.45) is 0 Å². The van der Waals surface area contributed by atoms with Crippen molar-refractivity contribution in [1.29, 1.82) is 0 Å². The van der Waals surface area contributed by atoms with Crippen molar-refractivity contribution < 1.29 is 28.8 Å². The lowest BCUT2D eigenvalue weighted by molar-refractivity contribution is -0.385. The number of ether oxygens (including phenoxy) is 2. The molecule has 0 unspecified atom stereocenters. The van der Waals surface area contributed by atoms with E-state index in [1.165, 1.54) is 17.0 Å². The van der Waals surface area contributed by atoms with Gasteiger partial charge in [-0.2, -0.15) is 4.68 Å². The van der Waals surface area contributed by atoms with Gasteiger partial charge in [0.2, 0.25) is 0 Å². The summed E-state index contributed by atoms with van der Waals surface area (Å²) in [5.74, 6) is -0.778. The van der Waals surface area contributed by atoms with Crippen molar-refractivity contribution >= 4 is 35.3 Å². The molecule has 2 heterocycles. The zero-order valence-electron chi connectivity index (χ0n) is 21.2. The van der Waals surface area contributed by atoms with Crippen LogP contribution in [0.1, 0.15) is 49.3 Å². The maximum absolute atomic E-state index is 13.1. The summed E-state index contributed by atoms with van der Waals surface area (Å²) in [5.41, 5.74) is 0.177. The number of amides is 2. The molecule has 0 atom stereocenters. The molecule has 1 aliphatic rings. The number of hydrogen-bond acceptors (Lipinski definition) is 9. The highest BCUT2D eigenvalue weighted by Gasteiger charge is 2.33. The normalized spacial score (nSPS) is 13.0. The number of benzene rings is 1. The largest absolute Gasteiger partial charge is 0.448 e. The van der Waals surface area contributed by atoms with Crippen LogP contribution < -0.4 is 10.2 Å². The molecule has 0 bridgehead atoms. The Bertz CT molecular complexity index is 1200. The van der Waals surface area contributed by atoms with Crippen molar-refractivity contribution in [1.82, 2.24) is 14.7 Å². The predicted octanol–water partition coefficient (Wildman–Crippen LogP) is 3.41. The topological polar surface area (TPSA) is 149 Å². The molecule has 0 radical (unpaired) electrons. The van der Waals surface area contributed by atoms with Gasteiger partial charge in [0.1, 0.15) is 11.2 Å². The quantitative estimate of drug-likeness (QED) is 0.479. The first-order valence-electron chi connectivity index (χ1n) is 11.3. The lowest BCUT2D eigenvalue weighted by atomic mass is 10.1. The molecule has 194 valence electrons. The molecule has 13 heteroatoms. The van der Waals surface area contributed by atoms with E-state index in [0.717, 1.165) is 4.68 Å². The van der Waals surface area contributed by atoms with Gasteiger partial charge in [0.05, 0.1) is 23.8 Å². The van der Waals surface area contributed by atoms with Crippen LogP contribution in [0.15, 0.2) is 18.2 Å². The molecule has 36 heavy (non-hydrogen) atoms. The monoisotopic (exact) mass is 502 g/mol. The van der Waals surface area contributed by atoms with Crippen molar-refractivity contribution in [2.75, 3.05) is 37.5 Å². The summed E-state index contributed by atoms with van der Waals surface area (Å²) < 4.78 is 11.6. The molecule has 13 nitrogen and oxygen atoms in total. The van der Waals surface area contributed by atoms with Gasteiger partial charge in [0.25, 0.3) is 11.6 Å². The molecule has 2 aromatic rings. The van der Waals surface area contributed by atoms with Gasteiger partial charge >= 0.3 is 12.2 Å². The fraction of sp³-hybridized carbons (Fsp3) is 0.478. The minimum atomic E-state index is -0.780. The fourth-order valence-electron chi connectivity index (χ4n) is 3.65. The summed E-state index contributed by atoms with van der Waals surface area (Å²) >= 11 is 0. The van der Waals surface area contributed by atoms with Gasteiger partial charge in [0.15, 0.2) is 5.82 Å². The molecule has 2 amide bonds. The number of fused-ring (bicyclic) bond motifs is 1. The number of nitrogens with one attached hydrogen (secondary N) is 1. The van der Waals surface area contributed by atoms with Crippen LogP contribution in [-0.4, -0.2) is 70.5 Å². The number of carbonyl (C=O) groups excluding carboxylic acids is 3. The summed E-state index contributed by atoms with van der Waals surface area (Å²) in [4.78, 5) is 52.4. The van der Waals surface area contributed by atoms with E-state index in [1.54, 1.807) is 52.8 Å². The first-order chi connectivity index (χ1) is 16.8. The summed E-state index contributed by atoms with van der Waals surface area (Å²) in [6, 6.07) is 4.23. The van der Waals surface area contributed by atoms with Gasteiger partial charge in [-0.1, -0.05) is 0 Å². The molecule has 1 N–H and O–H groups in total. The molecular weight excluding hydrogens is 472 g/mol. The lowest BCUT2D eigenvalue weighted by Gasteiger charge is -2.30. The number of nitrogens with zero attached hydrogens (tertiary/aromatic N) is 5. The number of nitro groups is 1. The first kappa shape index (κ1) is 26.4. The van der Waals surface area contributed by atoms with Crippen molar-refractivity contribution in [2.45, 2.75) is 46.3 Å². The Morgan fingerprint density at radius 2 is 1.92 bits per heavy atom. The maximum atomic E-state index is 13.1. The van der Waals surface area contributed by atoms with E-state index < -0.39 is 28.6 Å². The third kappa shape index (κ3) is 5.73. The highest BCUT2D eigenvalue weighted by Crippen LogP contribution is 2.30. The van der Waals surface area contributed by atoms with Gasteiger partial charge in [-0.15, -0.1) is 5.10 Å². The molecule has 1 aromatic carbocycles. The van der Waals surface area contributed by atoms with E-state index in [-0.39, 0.29) is 43.2 Å². The van der Waals surface area contributed by atoms with E-state index in [0.29, 0.717) is 16.9 Å². The molecule has 0 fully saturated rings. The van der Waals surface area contributed by atoms with Crippen LogP contribution in [0.3, 0.4) is 0 Å². The third-order valence-corrected chi connectivity index (χ3v) is 5.32. The number of nitro benzene ring substituents is 1. The van der Waals surface area contributed by atoms with Gasteiger partial charge in [-0.3, -0.25) is 14.9 Å². The second kappa shape index (κ2) is 10.2. The van der Waals surface area contributed by atoms with Crippen LogP contribution in [0, 0.1) is 10.1 Å². The summed E-state index contributed by atoms with van der Waals surface area (Å²) in [6.07, 6.45) is -1.03. The molecule has 0 saturated carbocycles. The smallest absolute Gasteiger partial charge is 0.434 e. The van der Waals surface area contributed by atoms with Crippen LogP contribution in [0.5, 0.6) is 0 Å². The zero-order chi connectivity index (χ0) is 26.8. The van der Waals surface area contributed by atoms with E-state index in [4.69, 9.17) is 9.47 Å². The molecular formula is C23H30N6O7. The SMILES string of the molecule is CCOC(=O)n1nc(NC(=O)c2ccc(N(C)C)cc2[N+](=O)[O-])c2c1CCN(C(=O)OC(C)(C)C)C2. The Labute approximate surface area is 208 Å². The average molecular weight is 503 g/mol. The second-order valence-electron chi connectivity index (χ2n) is 9.34. The van der Waals surface area contributed by atoms with Crippen molar-refractivity contribution in [3.05, 3.63) is 45.1 Å². The van der Waals surface area contributed by atoms with Gasteiger partial charge in [-0.05, 0) is 39.8 Å². The fourth-order valence-corrected chi connectivity index (χ4v) is 3.65. The molecule has 3 rings (SSSR count). The summed E-state index contributed by atoms with van der Waals surface area (Å²) in [5, 5.41) is 18.4. The molecule has 1 aliphatic heterocycles. The van der Waals surface area contributed by atoms with Crippen molar-refractivity contribution in [3.63, 3.8) is 0 Å². The van der Waals surface area contributed by atoms with Crippen LogP contribution in [-0.2, 0) is 22.4 Å². The maximum Gasteiger partial charge on any atom is 0.434 e.